The van der Waals surface area contributed by atoms with E-state index >= 15 is 0 Å². The molecule has 0 spiro atoms. The number of alkyl halides is 6. The van der Waals surface area contributed by atoms with Crippen molar-refractivity contribution in [1.29, 1.82) is 0 Å². The SMILES string of the molecule is O=S(=O)(O)c1cccc(C(F)(F)F)c1Cc1c(C(F)(F)F)cccc1S(=O)(=O)O. The standard InChI is InChI=1S/C15H10F6O6S2/c16-14(17,18)10-3-1-5-12(28(22,23)24)8(10)7-9-11(15(19,20)21)4-2-6-13(9)29(25,26)27/h1-6H,7H2,(H,22,23,24)(H,25,26,27). The van der Waals surface area contributed by atoms with Gasteiger partial charge in [-0.1, -0.05) is 12.1 Å². The molecular formula is C15H10F6O6S2. The van der Waals surface area contributed by atoms with E-state index in [2.05, 4.69) is 0 Å². The lowest BCUT2D eigenvalue weighted by molar-refractivity contribution is -0.138. The van der Waals surface area contributed by atoms with Crippen LogP contribution >= 0.6 is 0 Å². The van der Waals surface area contributed by atoms with Gasteiger partial charge in [0, 0.05) is 6.42 Å². The third-order valence-corrected chi connectivity index (χ3v) is 5.66. The van der Waals surface area contributed by atoms with E-state index in [1.165, 1.54) is 0 Å². The molecule has 0 radical (unpaired) electrons. The van der Waals surface area contributed by atoms with E-state index < -0.39 is 71.1 Å². The van der Waals surface area contributed by atoms with Gasteiger partial charge in [0.2, 0.25) is 0 Å². The predicted octanol–water partition coefficient (Wildman–Crippen LogP) is 3.81. The van der Waals surface area contributed by atoms with Gasteiger partial charge in [0.15, 0.2) is 0 Å². The zero-order chi connectivity index (χ0) is 22.4. The minimum absolute atomic E-state index is 0.354. The van der Waals surface area contributed by atoms with E-state index in [-0.39, 0.29) is 0 Å². The topological polar surface area (TPSA) is 109 Å². The molecule has 0 heterocycles. The Kier molecular flexibility index (Phi) is 5.79. The Morgan fingerprint density at radius 3 is 1.21 bits per heavy atom. The Morgan fingerprint density at radius 2 is 0.966 bits per heavy atom. The maximum Gasteiger partial charge on any atom is 0.416 e. The summed E-state index contributed by atoms with van der Waals surface area (Å²) in [6.07, 6.45) is -12.0. The van der Waals surface area contributed by atoms with Gasteiger partial charge < -0.3 is 0 Å². The largest absolute Gasteiger partial charge is 0.416 e. The fourth-order valence-corrected chi connectivity index (χ4v) is 4.18. The van der Waals surface area contributed by atoms with Gasteiger partial charge in [-0.05, 0) is 35.4 Å². The van der Waals surface area contributed by atoms with Crippen molar-refractivity contribution in [3.63, 3.8) is 0 Å². The Labute approximate surface area is 160 Å². The molecule has 0 atom stereocenters. The van der Waals surface area contributed by atoms with E-state index in [4.69, 9.17) is 0 Å². The minimum Gasteiger partial charge on any atom is -0.282 e. The molecule has 2 N–H and O–H groups in total. The lowest BCUT2D eigenvalue weighted by atomic mass is 9.95. The van der Waals surface area contributed by atoms with Crippen LogP contribution in [-0.2, 0) is 39.0 Å². The molecule has 0 aromatic heterocycles. The second-order valence-corrected chi connectivity index (χ2v) is 8.47. The molecule has 6 nitrogen and oxygen atoms in total. The zero-order valence-electron chi connectivity index (χ0n) is 13.8. The first kappa shape index (κ1) is 23.1. The normalized spacial score (nSPS) is 13.5. The fraction of sp³-hybridized carbons (Fsp3) is 0.200. The van der Waals surface area contributed by atoms with Crippen LogP contribution in [0, 0.1) is 0 Å². The Hall–Kier alpha value is -2.16. The molecule has 0 aliphatic heterocycles. The van der Waals surface area contributed by atoms with Gasteiger partial charge in [-0.15, -0.1) is 0 Å². The molecule has 0 amide bonds. The van der Waals surface area contributed by atoms with Gasteiger partial charge in [0.05, 0.1) is 20.9 Å². The van der Waals surface area contributed by atoms with Gasteiger partial charge in [0.25, 0.3) is 20.2 Å². The van der Waals surface area contributed by atoms with E-state index in [9.17, 15) is 52.3 Å². The number of halogens is 6. The van der Waals surface area contributed by atoms with E-state index in [1.807, 2.05) is 0 Å². The highest BCUT2D eigenvalue weighted by atomic mass is 32.2. The maximum absolute atomic E-state index is 13.3. The van der Waals surface area contributed by atoms with E-state index in [1.54, 1.807) is 0 Å². The number of rotatable bonds is 4. The molecule has 0 saturated carbocycles. The molecule has 0 aliphatic rings. The highest BCUT2D eigenvalue weighted by Gasteiger charge is 2.39. The molecule has 2 aromatic carbocycles. The van der Waals surface area contributed by atoms with Crippen molar-refractivity contribution in [2.24, 2.45) is 0 Å². The first-order chi connectivity index (χ1) is 12.9. The van der Waals surface area contributed by atoms with Crippen molar-refractivity contribution < 1.29 is 52.3 Å². The van der Waals surface area contributed by atoms with Gasteiger partial charge in [0.1, 0.15) is 0 Å². The van der Waals surface area contributed by atoms with Gasteiger partial charge in [-0.2, -0.15) is 43.2 Å². The zero-order valence-corrected chi connectivity index (χ0v) is 15.4. The van der Waals surface area contributed by atoms with Crippen molar-refractivity contribution in [2.45, 2.75) is 28.6 Å². The van der Waals surface area contributed by atoms with Crippen LogP contribution in [0.2, 0.25) is 0 Å². The second-order valence-electron chi connectivity index (χ2n) is 5.69. The van der Waals surface area contributed by atoms with E-state index in [0.717, 1.165) is 0 Å². The number of benzene rings is 2. The van der Waals surface area contributed by atoms with Gasteiger partial charge in [-0.3, -0.25) is 9.11 Å². The third kappa shape index (κ3) is 5.07. The summed E-state index contributed by atoms with van der Waals surface area (Å²) >= 11 is 0. The molecule has 0 fully saturated rings. The van der Waals surface area contributed by atoms with Gasteiger partial charge >= 0.3 is 12.4 Å². The summed E-state index contributed by atoms with van der Waals surface area (Å²) in [5.74, 6) is 0. The van der Waals surface area contributed by atoms with Crippen molar-refractivity contribution in [1.82, 2.24) is 0 Å². The van der Waals surface area contributed by atoms with Crippen LogP contribution < -0.4 is 0 Å². The Bertz CT molecular complexity index is 1060. The van der Waals surface area contributed by atoms with Crippen LogP contribution in [0.15, 0.2) is 46.2 Å². The summed E-state index contributed by atoms with van der Waals surface area (Å²) < 4.78 is 144. The lowest BCUT2D eigenvalue weighted by Crippen LogP contribution is -2.18. The molecular weight excluding hydrogens is 454 g/mol. The molecule has 29 heavy (non-hydrogen) atoms. The first-order valence-corrected chi connectivity index (χ1v) is 10.1. The minimum atomic E-state index is -5.33. The van der Waals surface area contributed by atoms with Crippen molar-refractivity contribution in [2.75, 3.05) is 0 Å². The van der Waals surface area contributed by atoms with Crippen LogP contribution in [-0.4, -0.2) is 25.9 Å². The molecule has 0 aliphatic carbocycles. The summed E-state index contributed by atoms with van der Waals surface area (Å²) in [6.45, 7) is 0. The summed E-state index contributed by atoms with van der Waals surface area (Å²) in [4.78, 5) is -2.71. The second kappa shape index (κ2) is 7.27. The molecule has 0 bridgehead atoms. The maximum atomic E-state index is 13.3. The van der Waals surface area contributed by atoms with Crippen LogP contribution in [0.3, 0.4) is 0 Å². The van der Waals surface area contributed by atoms with Crippen LogP contribution in [0.4, 0.5) is 26.3 Å². The molecule has 0 saturated heterocycles. The molecule has 14 heteroatoms. The monoisotopic (exact) mass is 464 g/mol. The average Bonchev–Trinajstić information content (AvgIpc) is 2.51. The van der Waals surface area contributed by atoms with Gasteiger partial charge in [-0.25, -0.2) is 0 Å². The molecule has 0 unspecified atom stereocenters. The molecule has 2 rings (SSSR count). The highest BCUT2D eigenvalue weighted by molar-refractivity contribution is 7.86. The quantitative estimate of drug-likeness (QED) is 0.526. The first-order valence-electron chi connectivity index (χ1n) is 7.27. The Balaban J connectivity index is 2.95. The third-order valence-electron chi connectivity index (χ3n) is 3.79. The summed E-state index contributed by atoms with van der Waals surface area (Å²) in [5.41, 5.74) is -6.04. The summed E-state index contributed by atoms with van der Waals surface area (Å²) in [5, 5.41) is 0. The lowest BCUT2D eigenvalue weighted by Gasteiger charge is -2.19. The van der Waals surface area contributed by atoms with Crippen molar-refractivity contribution in [3.8, 4) is 0 Å². The Morgan fingerprint density at radius 1 is 0.655 bits per heavy atom. The number of hydrogen-bond acceptors (Lipinski definition) is 4. The predicted molar refractivity (Wildman–Crippen MR) is 85.3 cm³/mol. The van der Waals surface area contributed by atoms with Crippen LogP contribution in [0.5, 0.6) is 0 Å². The van der Waals surface area contributed by atoms with Crippen molar-refractivity contribution >= 4 is 20.2 Å². The van der Waals surface area contributed by atoms with Crippen LogP contribution in [0.1, 0.15) is 22.3 Å². The summed E-state index contributed by atoms with van der Waals surface area (Å²) in [6, 6.07) is 2.96. The fourth-order valence-electron chi connectivity index (χ4n) is 2.69. The smallest absolute Gasteiger partial charge is 0.282 e. The molecule has 160 valence electrons. The highest BCUT2D eigenvalue weighted by Crippen LogP contribution is 2.40. The molecule has 2 aromatic rings. The van der Waals surface area contributed by atoms with E-state index in [0.29, 0.717) is 36.4 Å². The summed E-state index contributed by atoms with van der Waals surface area (Å²) in [7, 11) is -10.7. The van der Waals surface area contributed by atoms with Crippen LogP contribution in [0.25, 0.3) is 0 Å². The number of hydrogen-bond donors (Lipinski definition) is 2. The van der Waals surface area contributed by atoms with Crippen molar-refractivity contribution in [3.05, 3.63) is 58.7 Å². The average molecular weight is 464 g/mol.